The molecule has 0 saturated carbocycles. The molecule has 1 fully saturated rings. The van der Waals surface area contributed by atoms with Crippen LogP contribution >= 0.6 is 11.8 Å². The molecule has 0 spiro atoms. The molecule has 6 nitrogen and oxygen atoms in total. The zero-order chi connectivity index (χ0) is 13.8. The fourth-order valence-corrected chi connectivity index (χ4v) is 3.22. The van der Waals surface area contributed by atoms with E-state index in [0.717, 1.165) is 24.3 Å². The predicted molar refractivity (Wildman–Crippen MR) is 73.9 cm³/mol. The van der Waals surface area contributed by atoms with Crippen molar-refractivity contribution in [2.24, 2.45) is 5.92 Å². The molecule has 3 rings (SSSR count). The van der Waals surface area contributed by atoms with E-state index in [-0.39, 0.29) is 18.4 Å². The molecule has 1 aliphatic heterocycles. The highest BCUT2D eigenvalue weighted by Gasteiger charge is 2.21. The molecule has 1 unspecified atom stereocenters. The van der Waals surface area contributed by atoms with Crippen molar-refractivity contribution in [3.63, 3.8) is 0 Å². The van der Waals surface area contributed by atoms with Crippen LogP contribution in [0, 0.1) is 5.92 Å². The molecule has 2 aromatic rings. The summed E-state index contributed by atoms with van der Waals surface area (Å²) in [5.74, 6) is 3.53. The fraction of sp³-hybridized carbons (Fsp3) is 0.462. The molecule has 0 aromatic carbocycles. The molecule has 1 saturated heterocycles. The summed E-state index contributed by atoms with van der Waals surface area (Å²) in [7, 11) is 0. The number of carbonyl (C=O) groups is 1. The van der Waals surface area contributed by atoms with Gasteiger partial charge in [-0.3, -0.25) is 4.79 Å². The first-order valence-electron chi connectivity index (χ1n) is 6.55. The third-order valence-corrected chi connectivity index (χ3v) is 4.37. The molecule has 3 heterocycles. The second kappa shape index (κ2) is 6.13. The van der Waals surface area contributed by atoms with E-state index in [4.69, 9.17) is 8.94 Å². The van der Waals surface area contributed by atoms with Crippen molar-refractivity contribution >= 4 is 17.7 Å². The number of furan rings is 1. The Hall–Kier alpha value is -1.76. The van der Waals surface area contributed by atoms with Gasteiger partial charge in [0.1, 0.15) is 0 Å². The van der Waals surface area contributed by atoms with E-state index in [9.17, 15) is 4.79 Å². The normalized spacial score (nSPS) is 18.9. The average molecular weight is 293 g/mol. The van der Waals surface area contributed by atoms with Crippen LogP contribution in [-0.4, -0.2) is 27.6 Å². The van der Waals surface area contributed by atoms with Crippen molar-refractivity contribution in [3.05, 3.63) is 24.2 Å². The molecule has 1 aliphatic rings. The predicted octanol–water partition coefficient (Wildman–Crippen LogP) is 2.09. The quantitative estimate of drug-likeness (QED) is 0.929. The van der Waals surface area contributed by atoms with Gasteiger partial charge >= 0.3 is 0 Å². The molecular formula is C13H15N3O3S. The molecule has 0 bridgehead atoms. The second-order valence-corrected chi connectivity index (χ2v) is 5.77. The molecular weight excluding hydrogens is 278 g/mol. The maximum absolute atomic E-state index is 12.0. The van der Waals surface area contributed by atoms with Gasteiger partial charge in [-0.2, -0.15) is 16.7 Å². The van der Waals surface area contributed by atoms with Crippen LogP contribution in [0.2, 0.25) is 0 Å². The topological polar surface area (TPSA) is 81.2 Å². The van der Waals surface area contributed by atoms with Gasteiger partial charge in [0, 0.05) is 11.7 Å². The number of nitrogens with zero attached hydrogens (tertiary/aromatic N) is 2. The summed E-state index contributed by atoms with van der Waals surface area (Å²) < 4.78 is 10.2. The lowest BCUT2D eigenvalue weighted by Gasteiger charge is -2.19. The van der Waals surface area contributed by atoms with E-state index in [1.54, 1.807) is 18.4 Å². The first-order valence-corrected chi connectivity index (χ1v) is 7.70. The van der Waals surface area contributed by atoms with Gasteiger partial charge in [0.15, 0.2) is 11.6 Å². The smallest absolute Gasteiger partial charge is 0.293 e. The lowest BCUT2D eigenvalue weighted by atomic mass is 10.0. The fourth-order valence-electron chi connectivity index (χ4n) is 2.08. The van der Waals surface area contributed by atoms with E-state index < -0.39 is 0 Å². The van der Waals surface area contributed by atoms with Gasteiger partial charge in [-0.15, -0.1) is 0 Å². The van der Waals surface area contributed by atoms with Gasteiger partial charge in [0.05, 0.1) is 12.8 Å². The van der Waals surface area contributed by atoms with Gasteiger partial charge in [-0.05, 0) is 30.7 Å². The largest absolute Gasteiger partial charge is 0.459 e. The van der Waals surface area contributed by atoms with Crippen LogP contribution in [-0.2, 0) is 11.3 Å². The number of rotatable bonds is 4. The summed E-state index contributed by atoms with van der Waals surface area (Å²) in [6, 6.07) is 3.50. The summed E-state index contributed by atoms with van der Waals surface area (Å²) in [5, 5.41) is 6.68. The first-order chi connectivity index (χ1) is 9.83. The van der Waals surface area contributed by atoms with Crippen LogP contribution in [0.5, 0.6) is 0 Å². The molecule has 0 radical (unpaired) electrons. The maximum atomic E-state index is 12.0. The van der Waals surface area contributed by atoms with Gasteiger partial charge in [0.25, 0.3) is 5.89 Å². The Labute approximate surface area is 120 Å². The summed E-state index contributed by atoms with van der Waals surface area (Å²) in [4.78, 5) is 16.2. The van der Waals surface area contributed by atoms with E-state index >= 15 is 0 Å². The highest BCUT2D eigenvalue weighted by atomic mass is 32.2. The highest BCUT2D eigenvalue weighted by Crippen LogP contribution is 2.22. The highest BCUT2D eigenvalue weighted by molar-refractivity contribution is 7.99. The van der Waals surface area contributed by atoms with Crippen LogP contribution in [0.4, 0.5) is 0 Å². The SMILES string of the molecule is O=C(NCc1noc(-c2ccco2)n1)C1CCCSC1. The second-order valence-electron chi connectivity index (χ2n) is 4.62. The number of thioether (sulfide) groups is 1. The van der Waals surface area contributed by atoms with Gasteiger partial charge < -0.3 is 14.3 Å². The summed E-state index contributed by atoms with van der Waals surface area (Å²) in [5.41, 5.74) is 0. The summed E-state index contributed by atoms with van der Waals surface area (Å²) in [6.07, 6.45) is 3.61. The third-order valence-electron chi connectivity index (χ3n) is 3.15. The number of amides is 1. The van der Waals surface area contributed by atoms with Crippen molar-refractivity contribution in [2.75, 3.05) is 11.5 Å². The Bertz CT molecular complexity index is 561. The average Bonchev–Trinajstić information content (AvgIpc) is 3.16. The van der Waals surface area contributed by atoms with Crippen LogP contribution < -0.4 is 5.32 Å². The Morgan fingerprint density at radius 1 is 1.55 bits per heavy atom. The molecule has 2 aromatic heterocycles. The van der Waals surface area contributed by atoms with Crippen molar-refractivity contribution in [3.8, 4) is 11.7 Å². The van der Waals surface area contributed by atoms with Crippen molar-refractivity contribution in [1.82, 2.24) is 15.5 Å². The maximum Gasteiger partial charge on any atom is 0.293 e. The number of aromatic nitrogens is 2. The molecule has 0 aliphatic carbocycles. The zero-order valence-corrected chi connectivity index (χ0v) is 11.7. The Balaban J connectivity index is 1.54. The van der Waals surface area contributed by atoms with E-state index in [1.807, 2.05) is 11.8 Å². The van der Waals surface area contributed by atoms with E-state index in [0.29, 0.717) is 17.5 Å². The Morgan fingerprint density at radius 3 is 3.25 bits per heavy atom. The molecule has 1 N–H and O–H groups in total. The molecule has 20 heavy (non-hydrogen) atoms. The van der Waals surface area contributed by atoms with Crippen LogP contribution in [0.1, 0.15) is 18.7 Å². The monoisotopic (exact) mass is 293 g/mol. The molecule has 7 heteroatoms. The van der Waals surface area contributed by atoms with Crippen LogP contribution in [0.25, 0.3) is 11.7 Å². The van der Waals surface area contributed by atoms with E-state index in [2.05, 4.69) is 15.5 Å². The molecule has 1 amide bonds. The molecule has 106 valence electrons. The zero-order valence-electron chi connectivity index (χ0n) is 10.9. The minimum Gasteiger partial charge on any atom is -0.459 e. The molecule has 1 atom stereocenters. The van der Waals surface area contributed by atoms with Gasteiger partial charge in [0.2, 0.25) is 5.91 Å². The Morgan fingerprint density at radius 2 is 2.50 bits per heavy atom. The van der Waals surface area contributed by atoms with Crippen molar-refractivity contribution in [1.29, 1.82) is 0 Å². The standard InChI is InChI=1S/C13H15N3O3S/c17-12(9-3-2-6-20-8-9)14-7-11-15-13(19-16-11)10-4-1-5-18-10/h1,4-5,9H,2-3,6-8H2,(H,14,17). The number of hydrogen-bond donors (Lipinski definition) is 1. The lowest BCUT2D eigenvalue weighted by Crippen LogP contribution is -2.33. The van der Waals surface area contributed by atoms with E-state index in [1.165, 1.54) is 0 Å². The lowest BCUT2D eigenvalue weighted by molar-refractivity contribution is -0.124. The number of hydrogen-bond acceptors (Lipinski definition) is 6. The minimum absolute atomic E-state index is 0.0709. The summed E-state index contributed by atoms with van der Waals surface area (Å²) in [6.45, 7) is 0.282. The number of nitrogens with one attached hydrogen (secondary N) is 1. The van der Waals surface area contributed by atoms with Crippen molar-refractivity contribution < 1.29 is 13.7 Å². The van der Waals surface area contributed by atoms with Gasteiger partial charge in [-0.25, -0.2) is 0 Å². The van der Waals surface area contributed by atoms with Crippen LogP contribution in [0.3, 0.4) is 0 Å². The summed E-state index contributed by atoms with van der Waals surface area (Å²) >= 11 is 1.83. The Kier molecular flexibility index (Phi) is 4.05. The first kappa shape index (κ1) is 13.2. The van der Waals surface area contributed by atoms with Crippen LogP contribution in [0.15, 0.2) is 27.3 Å². The van der Waals surface area contributed by atoms with Gasteiger partial charge in [-0.1, -0.05) is 5.16 Å². The number of carbonyl (C=O) groups excluding carboxylic acids is 1. The third kappa shape index (κ3) is 3.04. The van der Waals surface area contributed by atoms with Crippen molar-refractivity contribution in [2.45, 2.75) is 19.4 Å². The minimum atomic E-state index is 0.0709.